The van der Waals surface area contributed by atoms with E-state index in [1.165, 1.54) is 0 Å². The highest BCUT2D eigenvalue weighted by molar-refractivity contribution is 5.10. The number of hydrogen-bond acceptors (Lipinski definition) is 4. The quantitative estimate of drug-likeness (QED) is 0.572. The molecule has 2 aromatic heterocycles. The highest BCUT2D eigenvalue weighted by Crippen LogP contribution is 2.15. The van der Waals surface area contributed by atoms with Gasteiger partial charge >= 0.3 is 0 Å². The zero-order valence-electron chi connectivity index (χ0n) is 8.55. The molecular weight excluding hydrogens is 192 g/mol. The molecule has 0 radical (unpaired) electrons. The summed E-state index contributed by atoms with van der Waals surface area (Å²) in [5.41, 5.74) is 3.65. The van der Waals surface area contributed by atoms with Crippen molar-refractivity contribution < 1.29 is 4.42 Å². The van der Waals surface area contributed by atoms with Crippen LogP contribution in [0.5, 0.6) is 0 Å². The fourth-order valence-electron chi connectivity index (χ4n) is 1.50. The monoisotopic (exact) mass is 206 g/mol. The van der Waals surface area contributed by atoms with Crippen molar-refractivity contribution in [3.8, 4) is 0 Å². The standard InChI is InChI=1S/C10H14N4O/c1-14-5-4-9(13-14)10(12-11)7-8-3-2-6-15-8/h2-6,10,12H,7,11H2,1H3. The SMILES string of the molecule is Cn1ccc(C(Cc2ccco2)NN)n1. The number of nitrogens with two attached hydrogens (primary N) is 1. The average Bonchev–Trinajstić information content (AvgIpc) is 2.85. The Morgan fingerprint density at radius 1 is 1.60 bits per heavy atom. The van der Waals surface area contributed by atoms with Crippen LogP contribution in [-0.2, 0) is 13.5 Å². The summed E-state index contributed by atoms with van der Waals surface area (Å²) in [7, 11) is 1.88. The van der Waals surface area contributed by atoms with Crippen molar-refractivity contribution in [2.24, 2.45) is 12.9 Å². The molecule has 5 heteroatoms. The van der Waals surface area contributed by atoms with Crippen LogP contribution in [0.4, 0.5) is 0 Å². The first kappa shape index (κ1) is 9.95. The number of nitrogens with one attached hydrogen (secondary N) is 1. The van der Waals surface area contributed by atoms with Gasteiger partial charge in [0.05, 0.1) is 18.0 Å². The minimum Gasteiger partial charge on any atom is -0.469 e. The molecule has 0 spiro atoms. The Labute approximate surface area is 87.8 Å². The third kappa shape index (κ3) is 2.26. The second kappa shape index (κ2) is 4.29. The van der Waals surface area contributed by atoms with Crippen molar-refractivity contribution in [1.29, 1.82) is 0 Å². The lowest BCUT2D eigenvalue weighted by Gasteiger charge is -2.11. The van der Waals surface area contributed by atoms with Gasteiger partial charge in [-0.1, -0.05) is 0 Å². The molecule has 0 aliphatic carbocycles. The van der Waals surface area contributed by atoms with Gasteiger partial charge in [-0.25, -0.2) is 0 Å². The fourth-order valence-corrected chi connectivity index (χ4v) is 1.50. The average molecular weight is 206 g/mol. The van der Waals surface area contributed by atoms with Gasteiger partial charge in [0, 0.05) is 19.7 Å². The molecule has 2 heterocycles. The highest BCUT2D eigenvalue weighted by Gasteiger charge is 2.14. The van der Waals surface area contributed by atoms with E-state index in [0.29, 0.717) is 6.42 Å². The number of aryl methyl sites for hydroxylation is 1. The summed E-state index contributed by atoms with van der Waals surface area (Å²) < 4.78 is 7.02. The van der Waals surface area contributed by atoms with Crippen molar-refractivity contribution in [2.75, 3.05) is 0 Å². The lowest BCUT2D eigenvalue weighted by Crippen LogP contribution is -2.29. The molecule has 2 aromatic rings. The molecule has 0 aliphatic heterocycles. The van der Waals surface area contributed by atoms with Crippen LogP contribution >= 0.6 is 0 Å². The topological polar surface area (TPSA) is 69.0 Å². The molecular formula is C10H14N4O. The minimum absolute atomic E-state index is 0.0163. The van der Waals surface area contributed by atoms with Gasteiger partial charge < -0.3 is 4.42 Å². The Hall–Kier alpha value is -1.59. The zero-order valence-corrected chi connectivity index (χ0v) is 8.55. The molecule has 80 valence electrons. The van der Waals surface area contributed by atoms with Gasteiger partial charge in [-0.2, -0.15) is 5.10 Å². The van der Waals surface area contributed by atoms with Crippen LogP contribution in [0.15, 0.2) is 35.1 Å². The van der Waals surface area contributed by atoms with Crippen LogP contribution in [0.3, 0.4) is 0 Å². The molecule has 0 aromatic carbocycles. The number of hydrazine groups is 1. The van der Waals surface area contributed by atoms with E-state index in [9.17, 15) is 0 Å². The maximum Gasteiger partial charge on any atom is 0.105 e. The predicted octanol–water partition coefficient (Wildman–Crippen LogP) is 0.760. The molecule has 15 heavy (non-hydrogen) atoms. The Bertz CT molecular complexity index is 407. The summed E-state index contributed by atoms with van der Waals surface area (Å²) in [6.07, 6.45) is 4.24. The smallest absolute Gasteiger partial charge is 0.105 e. The van der Waals surface area contributed by atoms with E-state index in [1.54, 1.807) is 10.9 Å². The molecule has 0 saturated carbocycles. The normalized spacial score (nSPS) is 12.9. The Kier molecular flexibility index (Phi) is 2.84. The summed E-state index contributed by atoms with van der Waals surface area (Å²) >= 11 is 0. The Balaban J connectivity index is 2.11. The third-order valence-corrected chi connectivity index (χ3v) is 2.28. The minimum atomic E-state index is -0.0163. The van der Waals surface area contributed by atoms with Gasteiger partial charge in [-0.15, -0.1) is 0 Å². The first-order valence-corrected chi connectivity index (χ1v) is 4.77. The maximum absolute atomic E-state index is 5.49. The molecule has 0 aliphatic rings. The second-order valence-corrected chi connectivity index (χ2v) is 3.42. The van der Waals surface area contributed by atoms with Gasteiger partial charge in [0.25, 0.3) is 0 Å². The van der Waals surface area contributed by atoms with Crippen molar-refractivity contribution in [2.45, 2.75) is 12.5 Å². The second-order valence-electron chi connectivity index (χ2n) is 3.42. The van der Waals surface area contributed by atoms with Crippen molar-refractivity contribution in [3.63, 3.8) is 0 Å². The van der Waals surface area contributed by atoms with E-state index < -0.39 is 0 Å². The van der Waals surface area contributed by atoms with E-state index in [2.05, 4.69) is 10.5 Å². The molecule has 0 bridgehead atoms. The predicted molar refractivity (Wildman–Crippen MR) is 55.7 cm³/mol. The number of hydrogen-bond donors (Lipinski definition) is 2. The molecule has 0 amide bonds. The zero-order chi connectivity index (χ0) is 10.7. The van der Waals surface area contributed by atoms with Gasteiger partial charge in [-0.3, -0.25) is 16.0 Å². The molecule has 0 saturated heterocycles. The summed E-state index contributed by atoms with van der Waals surface area (Å²) in [5.74, 6) is 6.38. The van der Waals surface area contributed by atoms with E-state index >= 15 is 0 Å². The summed E-state index contributed by atoms with van der Waals surface area (Å²) in [5, 5.41) is 4.29. The Morgan fingerprint density at radius 2 is 2.47 bits per heavy atom. The van der Waals surface area contributed by atoms with E-state index in [1.807, 2.05) is 31.4 Å². The molecule has 0 fully saturated rings. The highest BCUT2D eigenvalue weighted by atomic mass is 16.3. The molecule has 1 atom stereocenters. The first-order chi connectivity index (χ1) is 7.29. The van der Waals surface area contributed by atoms with E-state index in [0.717, 1.165) is 11.5 Å². The molecule has 5 nitrogen and oxygen atoms in total. The number of rotatable bonds is 4. The first-order valence-electron chi connectivity index (χ1n) is 4.77. The van der Waals surface area contributed by atoms with Gasteiger partial charge in [-0.05, 0) is 18.2 Å². The van der Waals surface area contributed by atoms with Crippen LogP contribution in [0.1, 0.15) is 17.5 Å². The van der Waals surface area contributed by atoms with Gasteiger partial charge in [0.15, 0.2) is 0 Å². The number of aromatic nitrogens is 2. The van der Waals surface area contributed by atoms with Crippen molar-refractivity contribution in [1.82, 2.24) is 15.2 Å². The van der Waals surface area contributed by atoms with E-state index in [4.69, 9.17) is 10.3 Å². The van der Waals surface area contributed by atoms with Crippen LogP contribution in [-0.4, -0.2) is 9.78 Å². The molecule has 2 rings (SSSR count). The van der Waals surface area contributed by atoms with Crippen LogP contribution in [0, 0.1) is 0 Å². The number of furan rings is 1. The lowest BCUT2D eigenvalue weighted by molar-refractivity contribution is 0.447. The van der Waals surface area contributed by atoms with Crippen LogP contribution < -0.4 is 11.3 Å². The summed E-state index contributed by atoms with van der Waals surface area (Å²) in [6.45, 7) is 0. The molecule has 3 N–H and O–H groups in total. The van der Waals surface area contributed by atoms with Crippen LogP contribution in [0.2, 0.25) is 0 Å². The van der Waals surface area contributed by atoms with Crippen molar-refractivity contribution >= 4 is 0 Å². The van der Waals surface area contributed by atoms with Gasteiger partial charge in [0.1, 0.15) is 5.76 Å². The summed E-state index contributed by atoms with van der Waals surface area (Å²) in [6, 6.07) is 5.71. The van der Waals surface area contributed by atoms with Crippen molar-refractivity contribution in [3.05, 3.63) is 42.1 Å². The molecule has 1 unspecified atom stereocenters. The fraction of sp³-hybridized carbons (Fsp3) is 0.300. The number of nitrogens with zero attached hydrogens (tertiary/aromatic N) is 2. The largest absolute Gasteiger partial charge is 0.469 e. The maximum atomic E-state index is 5.49. The van der Waals surface area contributed by atoms with Gasteiger partial charge in [0.2, 0.25) is 0 Å². The van der Waals surface area contributed by atoms with Crippen LogP contribution in [0.25, 0.3) is 0 Å². The Morgan fingerprint density at radius 3 is 3.00 bits per heavy atom. The summed E-state index contributed by atoms with van der Waals surface area (Å²) in [4.78, 5) is 0. The lowest BCUT2D eigenvalue weighted by atomic mass is 10.1. The third-order valence-electron chi connectivity index (χ3n) is 2.28. The van der Waals surface area contributed by atoms with E-state index in [-0.39, 0.29) is 6.04 Å².